The Morgan fingerprint density at radius 3 is 3.04 bits per heavy atom. The Kier molecular flexibility index (Phi) is 4.93. The zero-order valence-corrected chi connectivity index (χ0v) is 13.5. The molecule has 0 radical (unpaired) electrons. The molecule has 1 amide bonds. The molecule has 1 aromatic rings. The molecule has 3 rings (SSSR count). The standard InChI is InChI=1S/C17H23N3O3/c1-19-14-11-13(3-4-16(14)23-12-17(19)22)15(21)5-9-20-8-2-6-18-7-10-20/h3-4,11,18H,2,5-10,12H2,1H3. The van der Waals surface area contributed by atoms with Gasteiger partial charge in [0.2, 0.25) is 0 Å². The van der Waals surface area contributed by atoms with Crippen LogP contribution in [0, 0.1) is 0 Å². The third-order valence-corrected chi connectivity index (χ3v) is 4.46. The normalized spacial score (nSPS) is 19.0. The molecule has 1 N–H and O–H groups in total. The van der Waals surface area contributed by atoms with Crippen molar-refractivity contribution in [3.05, 3.63) is 23.8 Å². The van der Waals surface area contributed by atoms with E-state index in [1.54, 1.807) is 30.1 Å². The summed E-state index contributed by atoms with van der Waals surface area (Å²) in [7, 11) is 1.71. The Labute approximate surface area is 136 Å². The molecule has 2 aliphatic rings. The van der Waals surface area contributed by atoms with Gasteiger partial charge in [0.05, 0.1) is 5.69 Å². The lowest BCUT2D eigenvalue weighted by Crippen LogP contribution is -2.35. The first-order chi connectivity index (χ1) is 11.1. The molecule has 0 spiro atoms. The number of anilines is 1. The van der Waals surface area contributed by atoms with Crippen LogP contribution >= 0.6 is 0 Å². The number of Topliss-reactive ketones (excluding diaryl/α,β-unsaturated/α-hetero) is 1. The molecule has 1 saturated heterocycles. The van der Waals surface area contributed by atoms with Crippen molar-refractivity contribution in [2.24, 2.45) is 0 Å². The van der Waals surface area contributed by atoms with Crippen LogP contribution in [0.2, 0.25) is 0 Å². The third-order valence-electron chi connectivity index (χ3n) is 4.46. The second kappa shape index (κ2) is 7.10. The number of carbonyl (C=O) groups excluding carboxylic acids is 2. The molecule has 2 aliphatic heterocycles. The summed E-state index contributed by atoms with van der Waals surface area (Å²) in [5, 5.41) is 3.36. The summed E-state index contributed by atoms with van der Waals surface area (Å²) in [5.41, 5.74) is 1.31. The molecule has 0 bridgehead atoms. The molecule has 0 unspecified atom stereocenters. The fourth-order valence-electron chi connectivity index (χ4n) is 2.97. The van der Waals surface area contributed by atoms with Crippen LogP contribution in [0.25, 0.3) is 0 Å². The Morgan fingerprint density at radius 2 is 2.17 bits per heavy atom. The van der Waals surface area contributed by atoms with Crippen LogP contribution in [-0.4, -0.2) is 63.0 Å². The number of benzene rings is 1. The van der Waals surface area contributed by atoms with E-state index in [1.165, 1.54) is 0 Å². The van der Waals surface area contributed by atoms with Crippen molar-refractivity contribution in [3.63, 3.8) is 0 Å². The van der Waals surface area contributed by atoms with Crippen molar-refractivity contribution in [1.82, 2.24) is 10.2 Å². The van der Waals surface area contributed by atoms with Gasteiger partial charge in [-0.05, 0) is 37.7 Å². The average molecular weight is 317 g/mol. The predicted molar refractivity (Wildman–Crippen MR) is 88.2 cm³/mol. The van der Waals surface area contributed by atoms with E-state index >= 15 is 0 Å². The van der Waals surface area contributed by atoms with Crippen LogP contribution in [-0.2, 0) is 4.79 Å². The number of rotatable bonds is 4. The first-order valence-electron chi connectivity index (χ1n) is 8.15. The van der Waals surface area contributed by atoms with Crippen LogP contribution in [0.5, 0.6) is 5.75 Å². The highest BCUT2D eigenvalue weighted by Crippen LogP contribution is 2.32. The second-order valence-electron chi connectivity index (χ2n) is 6.04. The molecule has 124 valence electrons. The average Bonchev–Trinajstić information content (AvgIpc) is 2.84. The molecular weight excluding hydrogens is 294 g/mol. The van der Waals surface area contributed by atoms with E-state index in [-0.39, 0.29) is 18.3 Å². The van der Waals surface area contributed by atoms with Gasteiger partial charge >= 0.3 is 0 Å². The zero-order chi connectivity index (χ0) is 16.2. The lowest BCUT2D eigenvalue weighted by atomic mass is 10.1. The monoisotopic (exact) mass is 317 g/mol. The minimum Gasteiger partial charge on any atom is -0.482 e. The Bertz CT molecular complexity index is 595. The fraction of sp³-hybridized carbons (Fsp3) is 0.529. The molecule has 23 heavy (non-hydrogen) atoms. The third kappa shape index (κ3) is 3.71. The van der Waals surface area contributed by atoms with Crippen molar-refractivity contribution >= 4 is 17.4 Å². The molecule has 1 aromatic carbocycles. The molecule has 2 heterocycles. The predicted octanol–water partition coefficient (Wildman–Crippen LogP) is 0.910. The van der Waals surface area contributed by atoms with E-state index in [1.807, 2.05) is 0 Å². The van der Waals surface area contributed by atoms with E-state index in [2.05, 4.69) is 10.2 Å². The van der Waals surface area contributed by atoms with Gasteiger partial charge in [0.1, 0.15) is 5.75 Å². The smallest absolute Gasteiger partial charge is 0.264 e. The Balaban J connectivity index is 1.64. The maximum absolute atomic E-state index is 12.5. The minimum absolute atomic E-state index is 0.0553. The number of nitrogens with zero attached hydrogens (tertiary/aromatic N) is 2. The topological polar surface area (TPSA) is 61.9 Å². The van der Waals surface area contributed by atoms with Crippen LogP contribution in [0.15, 0.2) is 18.2 Å². The van der Waals surface area contributed by atoms with Crippen LogP contribution in [0.1, 0.15) is 23.2 Å². The van der Waals surface area contributed by atoms with Crippen molar-refractivity contribution in [2.45, 2.75) is 12.8 Å². The maximum atomic E-state index is 12.5. The van der Waals surface area contributed by atoms with Crippen molar-refractivity contribution in [3.8, 4) is 5.75 Å². The van der Waals surface area contributed by atoms with Crippen LogP contribution < -0.4 is 15.0 Å². The quantitative estimate of drug-likeness (QED) is 0.837. The first-order valence-corrected chi connectivity index (χ1v) is 8.15. The van der Waals surface area contributed by atoms with Gasteiger partial charge in [-0.1, -0.05) is 0 Å². The van der Waals surface area contributed by atoms with Gasteiger partial charge in [-0.15, -0.1) is 0 Å². The number of likely N-dealkylation sites (N-methyl/N-ethyl adjacent to an activating group) is 1. The van der Waals surface area contributed by atoms with Gasteiger partial charge in [0, 0.05) is 38.7 Å². The number of ketones is 1. The van der Waals surface area contributed by atoms with Gasteiger partial charge in [-0.25, -0.2) is 0 Å². The number of fused-ring (bicyclic) bond motifs is 1. The molecular formula is C17H23N3O3. The van der Waals surface area contributed by atoms with Crippen LogP contribution in [0.4, 0.5) is 5.69 Å². The van der Waals surface area contributed by atoms with Gasteiger partial charge in [0.15, 0.2) is 12.4 Å². The first kappa shape index (κ1) is 16.0. The Morgan fingerprint density at radius 1 is 1.30 bits per heavy atom. The van der Waals surface area contributed by atoms with Crippen molar-refractivity contribution in [2.75, 3.05) is 51.3 Å². The van der Waals surface area contributed by atoms with E-state index < -0.39 is 0 Å². The summed E-state index contributed by atoms with van der Waals surface area (Å²) in [6, 6.07) is 5.33. The van der Waals surface area contributed by atoms with Gasteiger partial charge in [-0.2, -0.15) is 0 Å². The summed E-state index contributed by atoms with van der Waals surface area (Å²) in [6.45, 7) is 4.90. The largest absolute Gasteiger partial charge is 0.482 e. The van der Waals surface area contributed by atoms with Crippen molar-refractivity contribution in [1.29, 1.82) is 0 Å². The van der Waals surface area contributed by atoms with Gasteiger partial charge < -0.3 is 19.9 Å². The number of amides is 1. The molecule has 0 aliphatic carbocycles. The number of hydrogen-bond donors (Lipinski definition) is 1. The molecule has 1 fully saturated rings. The lowest BCUT2D eigenvalue weighted by Gasteiger charge is -2.26. The molecule has 0 atom stereocenters. The highest BCUT2D eigenvalue weighted by molar-refractivity contribution is 6.01. The van der Waals surface area contributed by atoms with Gasteiger partial charge in [-0.3, -0.25) is 9.59 Å². The highest BCUT2D eigenvalue weighted by atomic mass is 16.5. The molecule has 6 nitrogen and oxygen atoms in total. The summed E-state index contributed by atoms with van der Waals surface area (Å²) >= 11 is 0. The summed E-state index contributed by atoms with van der Waals surface area (Å²) in [6.07, 6.45) is 1.62. The SMILES string of the molecule is CN1C(=O)COc2ccc(C(=O)CCN3CCCNCC3)cc21. The fourth-order valence-corrected chi connectivity index (χ4v) is 2.97. The lowest BCUT2D eigenvalue weighted by molar-refractivity contribution is -0.120. The summed E-state index contributed by atoms with van der Waals surface area (Å²) < 4.78 is 5.39. The second-order valence-corrected chi connectivity index (χ2v) is 6.04. The maximum Gasteiger partial charge on any atom is 0.264 e. The number of carbonyl (C=O) groups is 2. The van der Waals surface area contributed by atoms with Crippen LogP contribution in [0.3, 0.4) is 0 Å². The number of nitrogens with one attached hydrogen (secondary N) is 1. The Hall–Kier alpha value is -1.92. The molecule has 6 heteroatoms. The minimum atomic E-state index is -0.0980. The molecule has 0 saturated carbocycles. The van der Waals surface area contributed by atoms with E-state index in [0.29, 0.717) is 23.4 Å². The van der Waals surface area contributed by atoms with E-state index in [4.69, 9.17) is 4.74 Å². The van der Waals surface area contributed by atoms with Crippen molar-refractivity contribution < 1.29 is 14.3 Å². The highest BCUT2D eigenvalue weighted by Gasteiger charge is 2.23. The zero-order valence-electron chi connectivity index (χ0n) is 13.5. The van der Waals surface area contributed by atoms with E-state index in [9.17, 15) is 9.59 Å². The summed E-state index contributed by atoms with van der Waals surface area (Å²) in [5.74, 6) is 0.665. The number of hydrogen-bond acceptors (Lipinski definition) is 5. The number of ether oxygens (including phenoxy) is 1. The molecule has 0 aromatic heterocycles. The summed E-state index contributed by atoms with van der Waals surface area (Å²) in [4.78, 5) is 28.0. The van der Waals surface area contributed by atoms with E-state index in [0.717, 1.165) is 39.1 Å². The van der Waals surface area contributed by atoms with Gasteiger partial charge in [0.25, 0.3) is 5.91 Å².